The fourth-order valence-corrected chi connectivity index (χ4v) is 2.60. The van der Waals surface area contributed by atoms with Gasteiger partial charge in [0, 0.05) is 12.6 Å². The van der Waals surface area contributed by atoms with Gasteiger partial charge in [-0.2, -0.15) is 0 Å². The van der Waals surface area contributed by atoms with E-state index in [2.05, 4.69) is 5.32 Å². The van der Waals surface area contributed by atoms with E-state index in [9.17, 15) is 13.6 Å². The number of rotatable bonds is 9. The van der Waals surface area contributed by atoms with Gasteiger partial charge in [0.15, 0.2) is 18.2 Å². The highest BCUT2D eigenvalue weighted by atomic mass is 19.1. The molecule has 0 heterocycles. The molecule has 0 saturated carbocycles. The molecule has 0 fully saturated rings. The fraction of sp³-hybridized carbons (Fsp3) is 0.174. The first-order valence-electron chi connectivity index (χ1n) is 9.14. The van der Waals surface area contributed by atoms with Crippen LogP contribution in [0.25, 0.3) is 0 Å². The van der Waals surface area contributed by atoms with Crippen molar-refractivity contribution in [2.45, 2.75) is 19.8 Å². The summed E-state index contributed by atoms with van der Waals surface area (Å²) < 4.78 is 37.1. The quantitative estimate of drug-likeness (QED) is 0.583. The summed E-state index contributed by atoms with van der Waals surface area (Å²) in [5.74, 6) is -2.11. The zero-order valence-electron chi connectivity index (χ0n) is 15.7. The van der Waals surface area contributed by atoms with Crippen LogP contribution >= 0.6 is 0 Å². The average molecular weight is 397 g/mol. The van der Waals surface area contributed by atoms with E-state index in [1.165, 1.54) is 0 Å². The van der Waals surface area contributed by atoms with Crippen LogP contribution in [0.3, 0.4) is 0 Å². The van der Waals surface area contributed by atoms with Gasteiger partial charge in [0.1, 0.15) is 5.82 Å². The molecule has 0 aromatic heterocycles. The Morgan fingerprint density at radius 3 is 2.17 bits per heavy atom. The first-order chi connectivity index (χ1) is 14.1. The smallest absolute Gasteiger partial charge is 0.258 e. The van der Waals surface area contributed by atoms with Crippen LogP contribution in [0.15, 0.2) is 72.8 Å². The lowest BCUT2D eigenvalue weighted by Crippen LogP contribution is -2.28. The van der Waals surface area contributed by atoms with Gasteiger partial charge >= 0.3 is 0 Å². The molecule has 150 valence electrons. The second-order valence-corrected chi connectivity index (χ2v) is 6.44. The Bertz CT molecular complexity index is 931. The minimum atomic E-state index is -0.845. The van der Waals surface area contributed by atoms with Crippen molar-refractivity contribution in [2.24, 2.45) is 0 Å². The van der Waals surface area contributed by atoms with E-state index in [4.69, 9.17) is 9.47 Å². The highest BCUT2D eigenvalue weighted by molar-refractivity contribution is 5.77. The van der Waals surface area contributed by atoms with Gasteiger partial charge in [0.2, 0.25) is 0 Å². The molecule has 6 heteroatoms. The maximum atomic E-state index is 13.5. The van der Waals surface area contributed by atoms with Crippen molar-refractivity contribution in [3.63, 3.8) is 0 Å². The standard InChI is InChI=1S/C23H21F2NO3/c24-20-10-11-22(21(25)12-20)29-16-23(27)26-13-17-6-8-19(9-7-17)15-28-14-18-4-2-1-3-5-18/h1-12H,13-16H2,(H,26,27). The summed E-state index contributed by atoms with van der Waals surface area (Å²) in [7, 11) is 0. The Labute approximate surface area is 168 Å². The van der Waals surface area contributed by atoms with Gasteiger partial charge in [0.25, 0.3) is 5.91 Å². The number of hydrogen-bond acceptors (Lipinski definition) is 3. The number of carbonyl (C=O) groups is 1. The third kappa shape index (κ3) is 6.69. The van der Waals surface area contributed by atoms with Crippen molar-refractivity contribution < 1.29 is 23.0 Å². The van der Waals surface area contributed by atoms with Crippen LogP contribution in [0.4, 0.5) is 8.78 Å². The first kappa shape index (κ1) is 20.5. The van der Waals surface area contributed by atoms with E-state index in [0.29, 0.717) is 25.8 Å². The molecule has 1 N–H and O–H groups in total. The maximum Gasteiger partial charge on any atom is 0.258 e. The molecule has 0 unspecified atom stereocenters. The van der Waals surface area contributed by atoms with Crippen LogP contribution < -0.4 is 10.1 Å². The summed E-state index contributed by atoms with van der Waals surface area (Å²) in [4.78, 5) is 11.9. The normalized spacial score (nSPS) is 10.6. The molecule has 0 aliphatic carbocycles. The Morgan fingerprint density at radius 2 is 1.48 bits per heavy atom. The summed E-state index contributed by atoms with van der Waals surface area (Å²) in [5, 5.41) is 2.69. The van der Waals surface area contributed by atoms with Crippen molar-refractivity contribution >= 4 is 5.91 Å². The van der Waals surface area contributed by atoms with Crippen LogP contribution in [-0.4, -0.2) is 12.5 Å². The summed E-state index contributed by atoms with van der Waals surface area (Å²) >= 11 is 0. The Kier molecular flexibility index (Phi) is 7.30. The molecule has 0 atom stereocenters. The van der Waals surface area contributed by atoms with Crippen LogP contribution in [0.2, 0.25) is 0 Å². The summed E-state index contributed by atoms with van der Waals surface area (Å²) in [6.07, 6.45) is 0. The largest absolute Gasteiger partial charge is 0.481 e. The Morgan fingerprint density at radius 1 is 0.828 bits per heavy atom. The van der Waals surface area contributed by atoms with Crippen LogP contribution in [0.5, 0.6) is 5.75 Å². The highest BCUT2D eigenvalue weighted by Gasteiger charge is 2.08. The molecule has 0 spiro atoms. The Hall–Kier alpha value is -3.25. The molecule has 0 radical (unpaired) electrons. The lowest BCUT2D eigenvalue weighted by atomic mass is 10.1. The summed E-state index contributed by atoms with van der Waals surface area (Å²) in [6, 6.07) is 20.6. The van der Waals surface area contributed by atoms with Crippen molar-refractivity contribution in [3.8, 4) is 5.75 Å². The SMILES string of the molecule is O=C(COc1ccc(F)cc1F)NCc1ccc(COCc2ccccc2)cc1. The van der Waals surface area contributed by atoms with E-state index >= 15 is 0 Å². The molecular weight excluding hydrogens is 376 g/mol. The van der Waals surface area contributed by atoms with Crippen LogP contribution in [0.1, 0.15) is 16.7 Å². The second kappa shape index (κ2) is 10.3. The molecule has 29 heavy (non-hydrogen) atoms. The lowest BCUT2D eigenvalue weighted by molar-refractivity contribution is -0.123. The Balaban J connectivity index is 1.38. The molecule has 0 aliphatic heterocycles. The lowest BCUT2D eigenvalue weighted by Gasteiger charge is -2.09. The number of amides is 1. The molecule has 0 aliphatic rings. The van der Waals surface area contributed by atoms with Gasteiger partial charge in [-0.3, -0.25) is 4.79 Å². The van der Waals surface area contributed by atoms with Crippen molar-refractivity contribution in [1.29, 1.82) is 0 Å². The molecule has 3 rings (SSSR count). The van der Waals surface area contributed by atoms with E-state index in [1.807, 2.05) is 54.6 Å². The topological polar surface area (TPSA) is 47.6 Å². The van der Waals surface area contributed by atoms with Gasteiger partial charge in [0.05, 0.1) is 13.2 Å². The maximum absolute atomic E-state index is 13.5. The number of halogens is 2. The summed E-state index contributed by atoms with van der Waals surface area (Å²) in [6.45, 7) is 1.01. The third-order valence-electron chi connectivity index (χ3n) is 4.15. The van der Waals surface area contributed by atoms with Gasteiger partial charge in [-0.05, 0) is 28.8 Å². The molecule has 4 nitrogen and oxygen atoms in total. The van der Waals surface area contributed by atoms with Crippen molar-refractivity contribution in [3.05, 3.63) is 101 Å². The third-order valence-corrected chi connectivity index (χ3v) is 4.15. The van der Waals surface area contributed by atoms with Gasteiger partial charge in [-0.25, -0.2) is 8.78 Å². The zero-order valence-corrected chi connectivity index (χ0v) is 15.7. The van der Waals surface area contributed by atoms with E-state index < -0.39 is 17.5 Å². The van der Waals surface area contributed by atoms with Crippen molar-refractivity contribution in [1.82, 2.24) is 5.32 Å². The zero-order chi connectivity index (χ0) is 20.5. The number of hydrogen-bond donors (Lipinski definition) is 1. The highest BCUT2D eigenvalue weighted by Crippen LogP contribution is 2.17. The van der Waals surface area contributed by atoms with Gasteiger partial charge < -0.3 is 14.8 Å². The van der Waals surface area contributed by atoms with Crippen molar-refractivity contribution in [2.75, 3.05) is 6.61 Å². The minimum absolute atomic E-state index is 0.165. The van der Waals surface area contributed by atoms with Crippen LogP contribution in [0, 0.1) is 11.6 Å². The molecular formula is C23H21F2NO3. The number of benzene rings is 3. The molecule has 3 aromatic rings. The molecule has 0 saturated heterocycles. The van der Waals surface area contributed by atoms with E-state index in [-0.39, 0.29) is 12.4 Å². The van der Waals surface area contributed by atoms with Crippen LogP contribution in [-0.2, 0) is 29.3 Å². The second-order valence-electron chi connectivity index (χ2n) is 6.44. The average Bonchev–Trinajstić information content (AvgIpc) is 2.73. The van der Waals surface area contributed by atoms with E-state index in [1.54, 1.807) is 0 Å². The van der Waals surface area contributed by atoms with Gasteiger partial charge in [-0.1, -0.05) is 54.6 Å². The first-order valence-corrected chi connectivity index (χ1v) is 9.14. The molecule has 0 bridgehead atoms. The molecule has 1 amide bonds. The van der Waals surface area contributed by atoms with E-state index in [0.717, 1.165) is 28.8 Å². The molecule has 3 aromatic carbocycles. The number of carbonyl (C=O) groups excluding carboxylic acids is 1. The predicted octanol–water partition coefficient (Wildman–Crippen LogP) is 4.38. The number of nitrogens with one attached hydrogen (secondary N) is 1. The predicted molar refractivity (Wildman–Crippen MR) is 105 cm³/mol. The number of ether oxygens (including phenoxy) is 2. The fourth-order valence-electron chi connectivity index (χ4n) is 2.60. The minimum Gasteiger partial charge on any atom is -0.481 e. The monoisotopic (exact) mass is 397 g/mol. The summed E-state index contributed by atoms with van der Waals surface area (Å²) in [5.41, 5.74) is 3.07. The van der Waals surface area contributed by atoms with Gasteiger partial charge in [-0.15, -0.1) is 0 Å².